The van der Waals surface area contributed by atoms with Crippen LogP contribution in [0.15, 0.2) is 57.7 Å². The summed E-state index contributed by atoms with van der Waals surface area (Å²) in [5.41, 5.74) is 3.30. The van der Waals surface area contributed by atoms with Crippen LogP contribution < -0.4 is 11.1 Å². The van der Waals surface area contributed by atoms with E-state index in [0.717, 1.165) is 5.56 Å². The highest BCUT2D eigenvalue weighted by Crippen LogP contribution is 2.11. The van der Waals surface area contributed by atoms with Crippen LogP contribution in [0, 0.1) is 6.92 Å². The van der Waals surface area contributed by atoms with Gasteiger partial charge >= 0.3 is 5.76 Å². The molecule has 22 heavy (non-hydrogen) atoms. The number of carbonyl (C=O) groups is 1. The van der Waals surface area contributed by atoms with Crippen molar-refractivity contribution in [2.75, 3.05) is 0 Å². The van der Waals surface area contributed by atoms with E-state index in [1.165, 1.54) is 10.1 Å². The van der Waals surface area contributed by atoms with Gasteiger partial charge in [-0.3, -0.25) is 9.36 Å². The van der Waals surface area contributed by atoms with Gasteiger partial charge in [0.1, 0.15) is 6.54 Å². The van der Waals surface area contributed by atoms with Crippen molar-refractivity contribution in [1.82, 2.24) is 9.88 Å². The van der Waals surface area contributed by atoms with Gasteiger partial charge in [0.25, 0.3) is 0 Å². The number of hydrogen-bond acceptors (Lipinski definition) is 3. The molecule has 0 aliphatic heterocycles. The van der Waals surface area contributed by atoms with Crippen LogP contribution in [-0.2, 0) is 17.9 Å². The molecule has 0 saturated carbocycles. The van der Waals surface area contributed by atoms with Gasteiger partial charge in [0.05, 0.1) is 5.52 Å². The summed E-state index contributed by atoms with van der Waals surface area (Å²) in [6.45, 7) is 2.39. The molecule has 0 atom stereocenters. The number of para-hydroxylation sites is 2. The van der Waals surface area contributed by atoms with Crippen molar-refractivity contribution in [1.29, 1.82) is 0 Å². The third-order valence-corrected chi connectivity index (χ3v) is 3.49. The first-order valence-corrected chi connectivity index (χ1v) is 7.04. The molecule has 3 rings (SSSR count). The van der Waals surface area contributed by atoms with Crippen molar-refractivity contribution in [3.05, 3.63) is 70.2 Å². The Morgan fingerprint density at radius 2 is 1.86 bits per heavy atom. The average Bonchev–Trinajstić information content (AvgIpc) is 2.83. The highest BCUT2D eigenvalue weighted by Gasteiger charge is 2.11. The highest BCUT2D eigenvalue weighted by molar-refractivity contribution is 5.79. The number of oxazole rings is 1. The molecule has 0 fully saturated rings. The number of aryl methyl sites for hydroxylation is 1. The topological polar surface area (TPSA) is 64.2 Å². The lowest BCUT2D eigenvalue weighted by Crippen LogP contribution is -2.30. The Balaban J connectivity index is 1.69. The van der Waals surface area contributed by atoms with Crippen molar-refractivity contribution in [2.24, 2.45) is 0 Å². The molecule has 0 unspecified atom stereocenters. The summed E-state index contributed by atoms with van der Waals surface area (Å²) in [4.78, 5) is 23.8. The summed E-state index contributed by atoms with van der Waals surface area (Å²) < 4.78 is 6.44. The lowest BCUT2D eigenvalue weighted by atomic mass is 10.1. The Hall–Kier alpha value is -2.82. The van der Waals surface area contributed by atoms with Crippen LogP contribution in [0.3, 0.4) is 0 Å². The molecule has 0 aliphatic rings. The van der Waals surface area contributed by atoms with Crippen LogP contribution in [-0.4, -0.2) is 10.5 Å². The molecule has 1 aromatic heterocycles. The molecule has 5 heteroatoms. The van der Waals surface area contributed by atoms with E-state index in [0.29, 0.717) is 17.6 Å². The number of nitrogens with one attached hydrogen (secondary N) is 1. The number of benzene rings is 2. The summed E-state index contributed by atoms with van der Waals surface area (Å²) in [5.74, 6) is -0.749. The van der Waals surface area contributed by atoms with E-state index in [4.69, 9.17) is 4.42 Å². The standard InChI is InChI=1S/C17H16N2O3/c1-12-6-8-13(9-7-12)10-18-16(20)11-19-14-4-2-3-5-15(14)22-17(19)21/h2-9H,10-11H2,1H3,(H,18,20). The molecule has 0 spiro atoms. The lowest BCUT2D eigenvalue weighted by molar-refractivity contribution is -0.121. The van der Waals surface area contributed by atoms with E-state index in [1.54, 1.807) is 24.3 Å². The van der Waals surface area contributed by atoms with Gasteiger partial charge in [0, 0.05) is 6.54 Å². The van der Waals surface area contributed by atoms with Crippen molar-refractivity contribution in [2.45, 2.75) is 20.0 Å². The first-order chi connectivity index (χ1) is 10.6. The zero-order valence-corrected chi connectivity index (χ0v) is 12.2. The predicted molar refractivity (Wildman–Crippen MR) is 83.5 cm³/mol. The maximum atomic E-state index is 12.0. The third-order valence-electron chi connectivity index (χ3n) is 3.49. The van der Waals surface area contributed by atoms with E-state index in [2.05, 4.69) is 5.32 Å². The molecule has 1 heterocycles. The Kier molecular flexibility index (Phi) is 3.78. The molecule has 1 amide bonds. The van der Waals surface area contributed by atoms with Crippen LogP contribution in [0.1, 0.15) is 11.1 Å². The van der Waals surface area contributed by atoms with Gasteiger partial charge in [-0.1, -0.05) is 42.0 Å². The normalized spacial score (nSPS) is 10.8. The summed E-state index contributed by atoms with van der Waals surface area (Å²) in [6.07, 6.45) is 0. The summed E-state index contributed by atoms with van der Waals surface area (Å²) in [6, 6.07) is 15.0. The number of carbonyl (C=O) groups excluding carboxylic acids is 1. The van der Waals surface area contributed by atoms with E-state index in [-0.39, 0.29) is 12.5 Å². The maximum absolute atomic E-state index is 12.0. The van der Waals surface area contributed by atoms with Gasteiger partial charge in [0.2, 0.25) is 5.91 Å². The van der Waals surface area contributed by atoms with Crippen molar-refractivity contribution in [3.8, 4) is 0 Å². The largest absolute Gasteiger partial charge is 0.420 e. The number of nitrogens with zero attached hydrogens (tertiary/aromatic N) is 1. The third kappa shape index (κ3) is 2.93. The SMILES string of the molecule is Cc1ccc(CNC(=O)Cn2c(=O)oc3ccccc32)cc1. The number of aromatic nitrogens is 1. The molecular formula is C17H16N2O3. The summed E-state index contributed by atoms with van der Waals surface area (Å²) >= 11 is 0. The minimum atomic E-state index is -0.522. The number of amides is 1. The molecular weight excluding hydrogens is 280 g/mol. The fourth-order valence-electron chi connectivity index (χ4n) is 2.27. The lowest BCUT2D eigenvalue weighted by Gasteiger charge is -2.06. The van der Waals surface area contributed by atoms with Gasteiger partial charge in [-0.25, -0.2) is 4.79 Å². The Morgan fingerprint density at radius 3 is 2.64 bits per heavy atom. The van der Waals surface area contributed by atoms with Crippen LogP contribution in [0.2, 0.25) is 0 Å². The molecule has 0 aliphatic carbocycles. The number of rotatable bonds is 4. The Labute approximate surface area is 127 Å². The Bertz CT molecular complexity index is 859. The van der Waals surface area contributed by atoms with E-state index >= 15 is 0 Å². The fraction of sp³-hybridized carbons (Fsp3) is 0.176. The molecule has 1 N–H and O–H groups in total. The molecule has 2 aromatic carbocycles. The summed E-state index contributed by atoms with van der Waals surface area (Å²) in [5, 5.41) is 2.81. The monoisotopic (exact) mass is 296 g/mol. The fourth-order valence-corrected chi connectivity index (χ4v) is 2.27. The van der Waals surface area contributed by atoms with E-state index in [9.17, 15) is 9.59 Å². The summed E-state index contributed by atoms with van der Waals surface area (Å²) in [7, 11) is 0. The second kappa shape index (κ2) is 5.89. The molecule has 3 aromatic rings. The molecule has 112 valence electrons. The van der Waals surface area contributed by atoms with E-state index in [1.807, 2.05) is 31.2 Å². The quantitative estimate of drug-likeness (QED) is 0.803. The Morgan fingerprint density at radius 1 is 1.14 bits per heavy atom. The van der Waals surface area contributed by atoms with Crippen molar-refractivity contribution in [3.63, 3.8) is 0 Å². The first-order valence-electron chi connectivity index (χ1n) is 7.04. The van der Waals surface area contributed by atoms with Crippen LogP contribution >= 0.6 is 0 Å². The van der Waals surface area contributed by atoms with Gasteiger partial charge in [-0.15, -0.1) is 0 Å². The smallest absolute Gasteiger partial charge is 0.408 e. The number of fused-ring (bicyclic) bond motifs is 1. The highest BCUT2D eigenvalue weighted by atomic mass is 16.4. The number of hydrogen-bond donors (Lipinski definition) is 1. The molecule has 5 nitrogen and oxygen atoms in total. The van der Waals surface area contributed by atoms with Gasteiger partial charge in [-0.2, -0.15) is 0 Å². The van der Waals surface area contributed by atoms with E-state index < -0.39 is 5.76 Å². The minimum Gasteiger partial charge on any atom is -0.408 e. The van der Waals surface area contributed by atoms with Crippen LogP contribution in [0.4, 0.5) is 0 Å². The average molecular weight is 296 g/mol. The van der Waals surface area contributed by atoms with Crippen LogP contribution in [0.25, 0.3) is 11.1 Å². The molecule has 0 radical (unpaired) electrons. The van der Waals surface area contributed by atoms with Crippen LogP contribution in [0.5, 0.6) is 0 Å². The minimum absolute atomic E-state index is 0.0539. The van der Waals surface area contributed by atoms with Gasteiger partial charge in [-0.05, 0) is 24.6 Å². The van der Waals surface area contributed by atoms with Gasteiger partial charge in [0.15, 0.2) is 5.58 Å². The van der Waals surface area contributed by atoms with Gasteiger partial charge < -0.3 is 9.73 Å². The molecule has 0 saturated heterocycles. The van der Waals surface area contributed by atoms with Crippen molar-refractivity contribution < 1.29 is 9.21 Å². The molecule has 0 bridgehead atoms. The second-order valence-corrected chi connectivity index (χ2v) is 5.18. The van der Waals surface area contributed by atoms with Crippen molar-refractivity contribution >= 4 is 17.0 Å². The second-order valence-electron chi connectivity index (χ2n) is 5.18. The predicted octanol–water partition coefficient (Wildman–Crippen LogP) is 2.22. The maximum Gasteiger partial charge on any atom is 0.420 e. The zero-order chi connectivity index (χ0) is 15.5. The first kappa shape index (κ1) is 14.1. The zero-order valence-electron chi connectivity index (χ0n) is 12.2.